The van der Waals surface area contributed by atoms with Gasteiger partial charge in [-0.15, -0.1) is 0 Å². The fourth-order valence-corrected chi connectivity index (χ4v) is 5.78. The monoisotopic (exact) mass is 566 g/mol. The summed E-state index contributed by atoms with van der Waals surface area (Å²) < 4.78 is 63.2. The zero-order valence-corrected chi connectivity index (χ0v) is 22.7. The van der Waals surface area contributed by atoms with E-state index < -0.39 is 26.0 Å². The highest BCUT2D eigenvalue weighted by molar-refractivity contribution is 7.93. The molecule has 0 aromatic heterocycles. The molecule has 0 saturated carbocycles. The number of rotatable bonds is 10. The first-order valence-corrected chi connectivity index (χ1v) is 14.7. The second-order valence-corrected chi connectivity index (χ2v) is 12.2. The summed E-state index contributed by atoms with van der Waals surface area (Å²) in [6, 6.07) is 23.1. The Morgan fingerprint density at radius 1 is 0.692 bits per heavy atom. The summed E-state index contributed by atoms with van der Waals surface area (Å²) in [6.07, 6.45) is -0.196. The average Bonchev–Trinajstić information content (AvgIpc) is 2.86. The molecule has 0 saturated heterocycles. The van der Waals surface area contributed by atoms with E-state index in [-0.39, 0.29) is 33.3 Å². The lowest BCUT2D eigenvalue weighted by Gasteiger charge is -2.17. The first-order valence-electron chi connectivity index (χ1n) is 11.7. The summed E-state index contributed by atoms with van der Waals surface area (Å²) in [5, 5.41) is 9.06. The quantitative estimate of drug-likeness (QED) is 0.236. The van der Waals surface area contributed by atoms with E-state index in [0.29, 0.717) is 11.3 Å². The Morgan fingerprint density at radius 3 is 1.74 bits per heavy atom. The SMILES string of the molecule is Cc1ccc(S(=O)(=O)Nc2ccc(Oc3cccc(CC(=O)O)c3)cc2NS(=O)(=O)c2ccc(C)cc2)cc1. The molecule has 4 aromatic rings. The van der Waals surface area contributed by atoms with Crippen LogP contribution < -0.4 is 14.2 Å². The summed E-state index contributed by atoms with van der Waals surface area (Å²) in [4.78, 5) is 11.1. The van der Waals surface area contributed by atoms with Gasteiger partial charge in [0, 0.05) is 6.07 Å². The van der Waals surface area contributed by atoms with E-state index >= 15 is 0 Å². The summed E-state index contributed by atoms with van der Waals surface area (Å²) in [6.45, 7) is 3.66. The highest BCUT2D eigenvalue weighted by Gasteiger charge is 2.21. The molecular weight excluding hydrogens is 540 g/mol. The van der Waals surface area contributed by atoms with E-state index in [2.05, 4.69) is 9.44 Å². The van der Waals surface area contributed by atoms with Crippen molar-refractivity contribution in [2.24, 2.45) is 0 Å². The van der Waals surface area contributed by atoms with Crippen LogP contribution in [0.15, 0.2) is 101 Å². The number of carboxylic acids is 1. The molecule has 0 atom stereocenters. The van der Waals surface area contributed by atoms with Crippen molar-refractivity contribution in [2.45, 2.75) is 30.1 Å². The zero-order chi connectivity index (χ0) is 28.2. The third-order valence-corrected chi connectivity index (χ3v) is 8.39. The Balaban J connectivity index is 1.71. The molecule has 202 valence electrons. The van der Waals surface area contributed by atoms with Gasteiger partial charge in [-0.25, -0.2) is 16.8 Å². The lowest BCUT2D eigenvalue weighted by Crippen LogP contribution is -2.17. The molecule has 0 bridgehead atoms. The molecule has 4 rings (SSSR count). The third-order valence-electron chi connectivity index (χ3n) is 5.63. The molecule has 0 aliphatic heterocycles. The van der Waals surface area contributed by atoms with E-state index in [9.17, 15) is 21.6 Å². The minimum Gasteiger partial charge on any atom is -0.481 e. The maximum absolute atomic E-state index is 13.2. The number of hydrogen-bond acceptors (Lipinski definition) is 6. The van der Waals surface area contributed by atoms with Crippen LogP contribution in [-0.4, -0.2) is 27.9 Å². The average molecular weight is 567 g/mol. The third kappa shape index (κ3) is 7.15. The Bertz CT molecular complexity index is 1720. The van der Waals surface area contributed by atoms with Crippen molar-refractivity contribution in [2.75, 3.05) is 9.44 Å². The van der Waals surface area contributed by atoms with Crippen molar-refractivity contribution in [3.63, 3.8) is 0 Å². The van der Waals surface area contributed by atoms with E-state index in [0.717, 1.165) is 11.1 Å². The minimum atomic E-state index is -4.09. The lowest BCUT2D eigenvalue weighted by molar-refractivity contribution is -0.136. The summed E-state index contributed by atoms with van der Waals surface area (Å²) in [7, 11) is -8.14. The number of carbonyl (C=O) groups is 1. The molecule has 9 nitrogen and oxygen atoms in total. The van der Waals surface area contributed by atoms with Gasteiger partial charge >= 0.3 is 5.97 Å². The molecule has 0 spiro atoms. The van der Waals surface area contributed by atoms with Crippen molar-refractivity contribution in [3.8, 4) is 11.5 Å². The smallest absolute Gasteiger partial charge is 0.307 e. The maximum Gasteiger partial charge on any atom is 0.307 e. The molecule has 39 heavy (non-hydrogen) atoms. The van der Waals surface area contributed by atoms with Crippen LogP contribution >= 0.6 is 0 Å². The number of aryl methyl sites for hydroxylation is 2. The van der Waals surface area contributed by atoms with Crippen molar-refractivity contribution in [3.05, 3.63) is 108 Å². The van der Waals surface area contributed by atoms with Gasteiger partial charge in [-0.2, -0.15) is 0 Å². The number of ether oxygens (including phenoxy) is 1. The number of aliphatic carboxylic acids is 1. The van der Waals surface area contributed by atoms with E-state index in [1.807, 2.05) is 13.8 Å². The van der Waals surface area contributed by atoms with Gasteiger partial charge < -0.3 is 9.84 Å². The minimum absolute atomic E-state index is 0.00636. The number of benzene rings is 4. The number of nitrogens with one attached hydrogen (secondary N) is 2. The van der Waals surface area contributed by atoms with Gasteiger partial charge in [0.15, 0.2) is 0 Å². The van der Waals surface area contributed by atoms with Gasteiger partial charge in [-0.3, -0.25) is 14.2 Å². The second-order valence-electron chi connectivity index (χ2n) is 8.86. The van der Waals surface area contributed by atoms with Crippen molar-refractivity contribution in [1.29, 1.82) is 0 Å². The fourth-order valence-electron chi connectivity index (χ4n) is 3.63. The molecular formula is C28H26N2O7S2. The Morgan fingerprint density at radius 2 is 1.21 bits per heavy atom. The van der Waals surface area contributed by atoms with Gasteiger partial charge in [0.05, 0.1) is 27.6 Å². The molecule has 0 fully saturated rings. The van der Waals surface area contributed by atoms with Gasteiger partial charge in [0.1, 0.15) is 11.5 Å². The second kappa shape index (κ2) is 11.2. The van der Waals surface area contributed by atoms with Crippen LogP contribution in [0.2, 0.25) is 0 Å². The topological polar surface area (TPSA) is 139 Å². The summed E-state index contributed by atoms with van der Waals surface area (Å²) in [5.41, 5.74) is 2.20. The van der Waals surface area contributed by atoms with E-state index in [1.54, 1.807) is 48.5 Å². The largest absolute Gasteiger partial charge is 0.481 e. The molecule has 0 aliphatic carbocycles. The highest BCUT2D eigenvalue weighted by atomic mass is 32.2. The maximum atomic E-state index is 13.2. The molecule has 4 aromatic carbocycles. The van der Waals surface area contributed by atoms with Gasteiger partial charge in [-0.1, -0.05) is 47.5 Å². The first kappa shape index (κ1) is 27.7. The molecule has 0 heterocycles. The van der Waals surface area contributed by atoms with Crippen LogP contribution in [0.4, 0.5) is 11.4 Å². The van der Waals surface area contributed by atoms with Crippen molar-refractivity contribution >= 4 is 37.4 Å². The van der Waals surface area contributed by atoms with Crippen LogP contribution in [-0.2, 0) is 31.3 Å². The van der Waals surface area contributed by atoms with E-state index in [1.165, 1.54) is 42.5 Å². The predicted octanol–water partition coefficient (Wildman–Crippen LogP) is 5.32. The van der Waals surface area contributed by atoms with Crippen LogP contribution in [0.25, 0.3) is 0 Å². The number of sulfonamides is 2. The van der Waals surface area contributed by atoms with Crippen LogP contribution in [0.1, 0.15) is 16.7 Å². The van der Waals surface area contributed by atoms with Crippen LogP contribution in [0.3, 0.4) is 0 Å². The molecule has 0 aliphatic rings. The van der Waals surface area contributed by atoms with Crippen molar-refractivity contribution < 1.29 is 31.5 Å². The molecule has 0 radical (unpaired) electrons. The molecule has 0 unspecified atom stereocenters. The summed E-state index contributed by atoms with van der Waals surface area (Å²) in [5.74, 6) is -0.471. The van der Waals surface area contributed by atoms with Gasteiger partial charge in [0.25, 0.3) is 20.0 Å². The fraction of sp³-hybridized carbons (Fsp3) is 0.107. The Kier molecular flexibility index (Phi) is 7.93. The molecule has 11 heteroatoms. The highest BCUT2D eigenvalue weighted by Crippen LogP contribution is 2.33. The molecule has 3 N–H and O–H groups in total. The Labute approximate surface area is 227 Å². The Hall–Kier alpha value is -4.35. The van der Waals surface area contributed by atoms with Crippen LogP contribution in [0, 0.1) is 13.8 Å². The normalized spacial score (nSPS) is 11.5. The first-order chi connectivity index (χ1) is 18.4. The van der Waals surface area contributed by atoms with Gasteiger partial charge in [0.2, 0.25) is 0 Å². The molecule has 0 amide bonds. The van der Waals surface area contributed by atoms with Crippen molar-refractivity contribution in [1.82, 2.24) is 0 Å². The standard InChI is InChI=1S/C28H26N2O7S2/c1-19-6-11-24(12-7-19)38(33,34)29-26-15-10-23(37-22-5-3-4-21(16-22)17-28(31)32)18-27(26)30-39(35,36)25-13-8-20(2)9-14-25/h3-16,18,29-30H,17H2,1-2H3,(H,31,32). The van der Waals surface area contributed by atoms with Crippen LogP contribution in [0.5, 0.6) is 11.5 Å². The predicted molar refractivity (Wildman–Crippen MR) is 148 cm³/mol. The number of hydrogen-bond donors (Lipinski definition) is 3. The van der Waals surface area contributed by atoms with E-state index in [4.69, 9.17) is 9.84 Å². The zero-order valence-electron chi connectivity index (χ0n) is 21.1. The van der Waals surface area contributed by atoms with Gasteiger partial charge in [-0.05, 0) is 67.9 Å². The number of carboxylic acid groups (broad SMARTS) is 1. The summed E-state index contributed by atoms with van der Waals surface area (Å²) >= 11 is 0. The lowest BCUT2D eigenvalue weighted by atomic mass is 10.1. The number of anilines is 2.